The van der Waals surface area contributed by atoms with Crippen molar-refractivity contribution in [2.24, 2.45) is 0 Å². The number of rotatable bonds is 5. The summed E-state index contributed by atoms with van der Waals surface area (Å²) in [6.45, 7) is 2.01. The fourth-order valence-electron chi connectivity index (χ4n) is 3.01. The van der Waals surface area contributed by atoms with E-state index in [2.05, 4.69) is 20.5 Å². The molecular weight excluding hydrogens is 306 g/mol. The summed E-state index contributed by atoms with van der Waals surface area (Å²) in [6.07, 6.45) is 6.70. The van der Waals surface area contributed by atoms with E-state index in [0.29, 0.717) is 12.2 Å². The molecule has 24 heavy (non-hydrogen) atoms. The number of nitrogens with one attached hydrogen (secondary N) is 2. The van der Waals surface area contributed by atoms with E-state index in [1.165, 1.54) is 12.8 Å². The molecule has 7 heteroatoms. The lowest BCUT2D eigenvalue weighted by molar-refractivity contribution is -0.133. The predicted octanol–water partition coefficient (Wildman–Crippen LogP) is 1.76. The summed E-state index contributed by atoms with van der Waals surface area (Å²) in [4.78, 5) is 30.2. The van der Waals surface area contributed by atoms with Gasteiger partial charge in [-0.3, -0.25) is 14.7 Å². The highest BCUT2D eigenvalue weighted by atomic mass is 16.2. The third kappa shape index (κ3) is 4.10. The van der Waals surface area contributed by atoms with Gasteiger partial charge in [-0.15, -0.1) is 0 Å². The van der Waals surface area contributed by atoms with Crippen LogP contribution < -0.4 is 5.32 Å². The molecule has 1 saturated heterocycles. The van der Waals surface area contributed by atoms with Crippen molar-refractivity contribution in [3.8, 4) is 0 Å². The van der Waals surface area contributed by atoms with E-state index in [1.807, 2.05) is 17.0 Å². The van der Waals surface area contributed by atoms with E-state index in [4.69, 9.17) is 0 Å². The number of nitrogens with zero attached hydrogens (tertiary/aromatic N) is 3. The lowest BCUT2D eigenvalue weighted by Crippen LogP contribution is -2.33. The number of hydrogen-bond acceptors (Lipinski definition) is 4. The smallest absolute Gasteiger partial charge is 0.223 e. The molecule has 0 aliphatic carbocycles. The quantitative estimate of drug-likeness (QED) is 0.874. The van der Waals surface area contributed by atoms with Crippen molar-refractivity contribution in [2.75, 3.05) is 13.1 Å². The van der Waals surface area contributed by atoms with Crippen molar-refractivity contribution >= 4 is 22.8 Å². The zero-order chi connectivity index (χ0) is 16.8. The lowest BCUT2D eigenvalue weighted by atomic mass is 10.2. The van der Waals surface area contributed by atoms with Crippen LogP contribution >= 0.6 is 0 Å². The van der Waals surface area contributed by atoms with Gasteiger partial charge in [-0.25, -0.2) is 4.98 Å². The van der Waals surface area contributed by atoms with E-state index < -0.39 is 0 Å². The van der Waals surface area contributed by atoms with Crippen molar-refractivity contribution < 1.29 is 9.59 Å². The van der Waals surface area contributed by atoms with Gasteiger partial charge in [0.05, 0.1) is 12.2 Å². The third-order valence-corrected chi connectivity index (χ3v) is 4.40. The number of hydrogen-bond donors (Lipinski definition) is 2. The van der Waals surface area contributed by atoms with E-state index in [-0.39, 0.29) is 24.7 Å². The molecular formula is C17H23N5O2. The van der Waals surface area contributed by atoms with Crippen molar-refractivity contribution in [3.63, 3.8) is 0 Å². The van der Waals surface area contributed by atoms with Gasteiger partial charge in [0.1, 0.15) is 0 Å². The highest BCUT2D eigenvalue weighted by Gasteiger charge is 2.16. The number of carbonyl (C=O) groups excluding carboxylic acids is 2. The Morgan fingerprint density at radius 3 is 2.75 bits per heavy atom. The Kier molecular flexibility index (Phi) is 5.40. The lowest BCUT2D eigenvalue weighted by Gasteiger charge is -2.20. The van der Waals surface area contributed by atoms with Crippen molar-refractivity contribution in [1.29, 1.82) is 0 Å². The van der Waals surface area contributed by atoms with Gasteiger partial charge in [-0.2, -0.15) is 5.10 Å². The molecule has 0 radical (unpaired) electrons. The molecule has 2 N–H and O–H groups in total. The molecule has 0 spiro atoms. The largest absolute Gasteiger partial charge is 0.350 e. The molecule has 1 aliphatic rings. The maximum absolute atomic E-state index is 12.2. The average molecular weight is 329 g/mol. The van der Waals surface area contributed by atoms with Gasteiger partial charge in [-0.05, 0) is 25.0 Å². The first kappa shape index (κ1) is 16.4. The molecule has 0 aromatic carbocycles. The molecule has 3 heterocycles. The number of fused-ring (bicyclic) bond motifs is 1. The van der Waals surface area contributed by atoms with E-state index in [9.17, 15) is 9.59 Å². The first-order chi connectivity index (χ1) is 11.7. The summed E-state index contributed by atoms with van der Waals surface area (Å²) >= 11 is 0. The Balaban J connectivity index is 1.45. The van der Waals surface area contributed by atoms with E-state index in [1.54, 1.807) is 6.20 Å². The molecule has 0 saturated carbocycles. The van der Waals surface area contributed by atoms with E-state index >= 15 is 0 Å². The Morgan fingerprint density at radius 2 is 1.96 bits per heavy atom. The van der Waals surface area contributed by atoms with Crippen LogP contribution in [0.5, 0.6) is 0 Å². The fourth-order valence-corrected chi connectivity index (χ4v) is 3.01. The van der Waals surface area contributed by atoms with E-state index in [0.717, 1.165) is 37.0 Å². The minimum atomic E-state index is -0.121. The molecule has 2 aromatic rings. The number of carbonyl (C=O) groups is 2. The number of amides is 2. The first-order valence-corrected chi connectivity index (χ1v) is 8.56. The van der Waals surface area contributed by atoms with Crippen molar-refractivity contribution in [1.82, 2.24) is 25.4 Å². The molecule has 3 rings (SSSR count). The molecule has 0 unspecified atom stereocenters. The summed E-state index contributed by atoms with van der Waals surface area (Å²) in [7, 11) is 0. The van der Waals surface area contributed by atoms with Gasteiger partial charge < -0.3 is 10.2 Å². The summed E-state index contributed by atoms with van der Waals surface area (Å²) in [5, 5.41) is 10.7. The maximum Gasteiger partial charge on any atom is 0.223 e. The number of aromatic nitrogens is 3. The summed E-state index contributed by atoms with van der Waals surface area (Å²) in [6, 6.07) is 3.75. The number of likely N-dealkylation sites (tertiary alicyclic amines) is 1. The Labute approximate surface area is 140 Å². The summed E-state index contributed by atoms with van der Waals surface area (Å²) in [5.41, 5.74) is 1.46. The van der Waals surface area contributed by atoms with Crippen molar-refractivity contribution in [2.45, 2.75) is 45.1 Å². The molecule has 2 amide bonds. The minimum Gasteiger partial charge on any atom is -0.350 e. The van der Waals surface area contributed by atoms with Crippen LogP contribution in [-0.4, -0.2) is 45.0 Å². The van der Waals surface area contributed by atoms with Crippen LogP contribution in [0.4, 0.5) is 0 Å². The highest BCUT2D eigenvalue weighted by Crippen LogP contribution is 2.13. The zero-order valence-electron chi connectivity index (χ0n) is 13.8. The minimum absolute atomic E-state index is 0.0863. The van der Waals surface area contributed by atoms with Gasteiger partial charge in [0.15, 0.2) is 5.65 Å². The molecule has 0 atom stereocenters. The number of pyridine rings is 1. The Bertz CT molecular complexity index is 704. The van der Waals surface area contributed by atoms with Gasteiger partial charge in [-0.1, -0.05) is 12.8 Å². The molecule has 1 fully saturated rings. The average Bonchev–Trinajstić information content (AvgIpc) is 2.82. The summed E-state index contributed by atoms with van der Waals surface area (Å²) < 4.78 is 0. The second-order valence-corrected chi connectivity index (χ2v) is 6.15. The Hall–Kier alpha value is -2.44. The van der Waals surface area contributed by atoms with Crippen LogP contribution in [0.1, 0.15) is 44.2 Å². The van der Waals surface area contributed by atoms with Crippen LogP contribution in [-0.2, 0) is 16.1 Å². The van der Waals surface area contributed by atoms with Gasteiger partial charge in [0, 0.05) is 37.5 Å². The number of H-pyrrole nitrogens is 1. The maximum atomic E-state index is 12.2. The van der Waals surface area contributed by atoms with Crippen LogP contribution in [0.2, 0.25) is 0 Å². The SMILES string of the molecule is O=C(CCC(=O)N1CCCCCC1)NCc1[nH]nc2ncccc12. The molecule has 1 aliphatic heterocycles. The standard InChI is InChI=1S/C17H23N5O2/c23-15(7-8-16(24)22-10-3-1-2-4-11-22)19-12-14-13-6-5-9-18-17(13)21-20-14/h5-6,9H,1-4,7-8,10-12H2,(H,19,23)(H,18,20,21). The van der Waals surface area contributed by atoms with Crippen LogP contribution in [0.25, 0.3) is 11.0 Å². The molecule has 7 nitrogen and oxygen atoms in total. The van der Waals surface area contributed by atoms with Gasteiger partial charge >= 0.3 is 0 Å². The van der Waals surface area contributed by atoms with Crippen molar-refractivity contribution in [3.05, 3.63) is 24.0 Å². The topological polar surface area (TPSA) is 91.0 Å². The fraction of sp³-hybridized carbons (Fsp3) is 0.529. The second-order valence-electron chi connectivity index (χ2n) is 6.15. The molecule has 128 valence electrons. The molecule has 0 bridgehead atoms. The van der Waals surface area contributed by atoms with Crippen LogP contribution in [0.3, 0.4) is 0 Å². The normalized spacial score (nSPS) is 15.2. The van der Waals surface area contributed by atoms with Crippen LogP contribution in [0, 0.1) is 0 Å². The third-order valence-electron chi connectivity index (χ3n) is 4.40. The van der Waals surface area contributed by atoms with Gasteiger partial charge in [0.2, 0.25) is 11.8 Å². The molecule has 2 aromatic heterocycles. The number of aromatic amines is 1. The van der Waals surface area contributed by atoms with Gasteiger partial charge in [0.25, 0.3) is 0 Å². The predicted molar refractivity (Wildman–Crippen MR) is 90.0 cm³/mol. The Morgan fingerprint density at radius 1 is 1.17 bits per heavy atom. The first-order valence-electron chi connectivity index (χ1n) is 8.56. The summed E-state index contributed by atoms with van der Waals surface area (Å²) in [5.74, 6) is -0.0342. The monoisotopic (exact) mass is 329 g/mol. The second kappa shape index (κ2) is 7.90. The van der Waals surface area contributed by atoms with Crippen LogP contribution in [0.15, 0.2) is 18.3 Å². The zero-order valence-corrected chi connectivity index (χ0v) is 13.8. The highest BCUT2D eigenvalue weighted by molar-refractivity contribution is 5.84.